The van der Waals surface area contributed by atoms with Crippen LogP contribution in [0.1, 0.15) is 6.92 Å². The summed E-state index contributed by atoms with van der Waals surface area (Å²) in [7, 11) is 0. The molecule has 0 fully saturated rings. The lowest BCUT2D eigenvalue weighted by Crippen LogP contribution is -1.84. The molecule has 0 amide bonds. The van der Waals surface area contributed by atoms with Crippen molar-refractivity contribution in [3.05, 3.63) is 17.1 Å². The summed E-state index contributed by atoms with van der Waals surface area (Å²) in [6, 6.07) is 0. The van der Waals surface area contributed by atoms with Crippen LogP contribution in [-0.4, -0.2) is 6.61 Å². The van der Waals surface area contributed by atoms with Crippen molar-refractivity contribution < 1.29 is 4.84 Å². The van der Waals surface area contributed by atoms with E-state index in [1.54, 1.807) is 6.92 Å². The molecule has 0 aromatic heterocycles. The Morgan fingerprint density at radius 2 is 2.57 bits per heavy atom. The predicted molar refractivity (Wildman–Crippen MR) is 26.6 cm³/mol. The van der Waals surface area contributed by atoms with Crippen LogP contribution in [0.2, 0.25) is 0 Å². The van der Waals surface area contributed by atoms with Gasteiger partial charge in [-0.2, -0.15) is 0 Å². The summed E-state index contributed by atoms with van der Waals surface area (Å²) in [5.74, 6) is 0. The fraction of sp³-hybridized carbons (Fsp3) is 0.500. The van der Waals surface area contributed by atoms with Crippen molar-refractivity contribution in [1.29, 1.82) is 0 Å². The second-order valence-electron chi connectivity index (χ2n) is 1.31. The van der Waals surface area contributed by atoms with E-state index < -0.39 is 0 Å². The van der Waals surface area contributed by atoms with Gasteiger partial charge >= 0.3 is 0 Å². The molecule has 0 aliphatic rings. The van der Waals surface area contributed by atoms with Gasteiger partial charge in [0.25, 0.3) is 0 Å². The molecule has 0 spiro atoms. The highest BCUT2D eigenvalue weighted by molar-refractivity contribution is 4.86. The molecule has 0 aliphatic heterocycles. The van der Waals surface area contributed by atoms with Crippen LogP contribution in [0.25, 0.3) is 0 Å². The van der Waals surface area contributed by atoms with Crippen LogP contribution < -0.4 is 0 Å². The zero-order valence-corrected chi connectivity index (χ0v) is 4.18. The van der Waals surface area contributed by atoms with Crippen LogP contribution in [0.3, 0.4) is 0 Å². The highest BCUT2D eigenvalue weighted by Crippen LogP contribution is 1.86. The quantitative estimate of drug-likeness (QED) is 0.305. The van der Waals surface area contributed by atoms with Gasteiger partial charge in [0.15, 0.2) is 5.34 Å². The molecular weight excluding hydrogens is 94.0 g/mol. The maximum atomic E-state index is 9.20. The largest absolute Gasteiger partial charge is 0.360 e. The van der Waals surface area contributed by atoms with Gasteiger partial charge in [-0.05, 0) is 12.5 Å². The molecular formula is C4H7NO2. The molecule has 3 nitrogen and oxygen atoms in total. The van der Waals surface area contributed by atoms with Crippen molar-refractivity contribution >= 4 is 0 Å². The number of rotatable bonds is 3. The van der Waals surface area contributed by atoms with Crippen molar-refractivity contribution in [2.75, 3.05) is 6.61 Å². The van der Waals surface area contributed by atoms with E-state index in [0.717, 1.165) is 5.57 Å². The first-order valence-corrected chi connectivity index (χ1v) is 1.86. The summed E-state index contributed by atoms with van der Waals surface area (Å²) in [4.78, 5) is 13.3. The van der Waals surface area contributed by atoms with E-state index in [1.165, 1.54) is 0 Å². The standard InChI is InChI=1S/C4H7NO2/c1-4(2)3-7-5-6/h1,3H2,2H3. The van der Waals surface area contributed by atoms with Crippen LogP contribution >= 0.6 is 0 Å². The molecule has 0 atom stereocenters. The van der Waals surface area contributed by atoms with Crippen LogP contribution in [0.4, 0.5) is 0 Å². The van der Waals surface area contributed by atoms with Crippen LogP contribution in [-0.2, 0) is 4.84 Å². The molecule has 0 bridgehead atoms. The highest BCUT2D eigenvalue weighted by atomic mass is 16.7. The van der Waals surface area contributed by atoms with Gasteiger partial charge < -0.3 is 4.84 Å². The molecule has 0 aromatic rings. The Bertz CT molecular complexity index is 79.8. The molecule has 3 heteroatoms. The first-order valence-electron chi connectivity index (χ1n) is 1.86. The maximum absolute atomic E-state index is 9.20. The minimum absolute atomic E-state index is 0.226. The van der Waals surface area contributed by atoms with E-state index in [2.05, 4.69) is 16.8 Å². The molecule has 0 N–H and O–H groups in total. The summed E-state index contributed by atoms with van der Waals surface area (Å²) in [5, 5.41) is 2.16. The number of nitrogens with zero attached hydrogens (tertiary/aromatic N) is 1. The Morgan fingerprint density at radius 3 is 2.71 bits per heavy atom. The number of hydrogen-bond acceptors (Lipinski definition) is 3. The third kappa shape index (κ3) is 5.14. The lowest BCUT2D eigenvalue weighted by atomic mass is 10.4. The fourth-order valence-corrected chi connectivity index (χ4v) is 0.137. The lowest BCUT2D eigenvalue weighted by molar-refractivity contribution is 0.163. The average molecular weight is 101 g/mol. The van der Waals surface area contributed by atoms with Gasteiger partial charge in [-0.25, -0.2) is 0 Å². The minimum Gasteiger partial charge on any atom is -0.360 e. The van der Waals surface area contributed by atoms with Gasteiger partial charge in [-0.3, -0.25) is 0 Å². The van der Waals surface area contributed by atoms with Gasteiger partial charge in [-0.15, -0.1) is 4.91 Å². The predicted octanol–water partition coefficient (Wildman–Crippen LogP) is 1.26. The SMILES string of the molecule is C=C(C)CON=O. The van der Waals surface area contributed by atoms with Crippen molar-refractivity contribution in [3.63, 3.8) is 0 Å². The Morgan fingerprint density at radius 1 is 2.00 bits per heavy atom. The van der Waals surface area contributed by atoms with E-state index in [4.69, 9.17) is 0 Å². The van der Waals surface area contributed by atoms with Gasteiger partial charge in [-0.1, -0.05) is 6.58 Å². The summed E-state index contributed by atoms with van der Waals surface area (Å²) in [5.41, 5.74) is 0.791. The molecule has 7 heavy (non-hydrogen) atoms. The zero-order chi connectivity index (χ0) is 5.70. The van der Waals surface area contributed by atoms with Gasteiger partial charge in [0.05, 0.1) is 0 Å². The van der Waals surface area contributed by atoms with E-state index in [0.29, 0.717) is 0 Å². The third-order valence-corrected chi connectivity index (χ3v) is 0.364. The van der Waals surface area contributed by atoms with Crippen LogP contribution in [0, 0.1) is 4.91 Å². The maximum Gasteiger partial charge on any atom is 0.155 e. The molecule has 0 radical (unpaired) electrons. The minimum atomic E-state index is 0.226. The molecule has 0 aliphatic carbocycles. The smallest absolute Gasteiger partial charge is 0.155 e. The first-order chi connectivity index (χ1) is 3.27. The van der Waals surface area contributed by atoms with Crippen molar-refractivity contribution in [1.82, 2.24) is 0 Å². The van der Waals surface area contributed by atoms with Gasteiger partial charge in [0.1, 0.15) is 6.61 Å². The fourth-order valence-electron chi connectivity index (χ4n) is 0.137. The molecule has 0 saturated carbocycles. The van der Waals surface area contributed by atoms with Gasteiger partial charge in [0.2, 0.25) is 0 Å². The summed E-state index contributed by atoms with van der Waals surface area (Å²) < 4.78 is 0. The summed E-state index contributed by atoms with van der Waals surface area (Å²) in [6.07, 6.45) is 0. The molecule has 40 valence electrons. The van der Waals surface area contributed by atoms with E-state index in [9.17, 15) is 4.91 Å². The van der Waals surface area contributed by atoms with Crippen LogP contribution in [0.15, 0.2) is 17.5 Å². The van der Waals surface area contributed by atoms with E-state index >= 15 is 0 Å². The normalized spacial score (nSPS) is 7.57. The van der Waals surface area contributed by atoms with Crippen molar-refractivity contribution in [2.24, 2.45) is 5.34 Å². The molecule has 0 unspecified atom stereocenters. The van der Waals surface area contributed by atoms with E-state index in [1.807, 2.05) is 0 Å². The molecule has 0 saturated heterocycles. The van der Waals surface area contributed by atoms with Crippen molar-refractivity contribution in [3.8, 4) is 0 Å². The second-order valence-corrected chi connectivity index (χ2v) is 1.31. The zero-order valence-electron chi connectivity index (χ0n) is 4.18. The number of hydrogen-bond donors (Lipinski definition) is 0. The molecule has 0 heterocycles. The molecule has 0 rings (SSSR count). The first kappa shape index (κ1) is 6.14. The monoisotopic (exact) mass is 101 g/mol. The Labute approximate surface area is 41.9 Å². The van der Waals surface area contributed by atoms with Crippen LogP contribution in [0.5, 0.6) is 0 Å². The second kappa shape index (κ2) is 3.33. The third-order valence-electron chi connectivity index (χ3n) is 0.364. The lowest BCUT2D eigenvalue weighted by Gasteiger charge is -1.88. The Balaban J connectivity index is 2.97. The molecule has 0 aromatic carbocycles. The highest BCUT2D eigenvalue weighted by Gasteiger charge is 1.80. The van der Waals surface area contributed by atoms with Crippen molar-refractivity contribution in [2.45, 2.75) is 6.92 Å². The Kier molecular flexibility index (Phi) is 2.92. The topological polar surface area (TPSA) is 38.7 Å². The van der Waals surface area contributed by atoms with E-state index in [-0.39, 0.29) is 6.61 Å². The summed E-state index contributed by atoms with van der Waals surface area (Å²) in [6.45, 7) is 5.45. The average Bonchev–Trinajstić information content (AvgIpc) is 1.61. The summed E-state index contributed by atoms with van der Waals surface area (Å²) >= 11 is 0. The Hall–Kier alpha value is -0.860. The van der Waals surface area contributed by atoms with Gasteiger partial charge in [0, 0.05) is 0 Å².